The van der Waals surface area contributed by atoms with Crippen LogP contribution in [0.3, 0.4) is 0 Å². The molecule has 0 aliphatic carbocycles. The molecule has 3 aromatic rings. The van der Waals surface area contributed by atoms with Crippen LogP contribution in [0.15, 0.2) is 57.5 Å². The first-order valence-electron chi connectivity index (χ1n) is 6.98. The van der Waals surface area contributed by atoms with E-state index in [4.69, 9.17) is 16.1 Å². The molecule has 0 radical (unpaired) electrons. The zero-order valence-electron chi connectivity index (χ0n) is 12.2. The molecule has 1 aromatic heterocycles. The average molecular weight is 410 g/mol. The molecule has 24 heavy (non-hydrogen) atoms. The predicted molar refractivity (Wildman–Crippen MR) is 93.4 cm³/mol. The fourth-order valence-corrected chi connectivity index (χ4v) is 2.55. The molecule has 1 heterocycles. The number of nitrogens with one attached hydrogen (secondary N) is 1. The molecule has 1 N–H and O–H groups in total. The zero-order valence-corrected chi connectivity index (χ0v) is 14.6. The summed E-state index contributed by atoms with van der Waals surface area (Å²) in [6.07, 6.45) is -0.0212. The number of halogens is 3. The Kier molecular flexibility index (Phi) is 4.97. The van der Waals surface area contributed by atoms with Crippen molar-refractivity contribution in [1.29, 1.82) is 0 Å². The van der Waals surface area contributed by atoms with Crippen LogP contribution in [-0.2, 0) is 11.2 Å². The van der Waals surface area contributed by atoms with Gasteiger partial charge < -0.3 is 9.84 Å². The maximum Gasteiger partial charge on any atom is 0.230 e. The third kappa shape index (κ3) is 4.01. The summed E-state index contributed by atoms with van der Waals surface area (Å²) in [5.41, 5.74) is 1.37. The van der Waals surface area contributed by atoms with Gasteiger partial charge in [-0.25, -0.2) is 4.39 Å². The van der Waals surface area contributed by atoms with E-state index in [0.717, 1.165) is 5.56 Å². The minimum Gasteiger partial charge on any atom is -0.356 e. The Morgan fingerprint density at radius 2 is 1.96 bits per heavy atom. The first-order chi connectivity index (χ1) is 11.5. The van der Waals surface area contributed by atoms with Crippen molar-refractivity contribution in [2.75, 3.05) is 5.32 Å². The topological polar surface area (TPSA) is 55.1 Å². The van der Waals surface area contributed by atoms with E-state index in [1.54, 1.807) is 36.4 Å². The van der Waals surface area contributed by atoms with Crippen LogP contribution in [0.4, 0.5) is 10.1 Å². The molecule has 3 rings (SSSR count). The van der Waals surface area contributed by atoms with Gasteiger partial charge in [0.2, 0.25) is 5.91 Å². The Morgan fingerprint density at radius 3 is 2.67 bits per heavy atom. The van der Waals surface area contributed by atoms with Crippen LogP contribution in [0.1, 0.15) is 5.69 Å². The highest BCUT2D eigenvalue weighted by Gasteiger charge is 2.12. The van der Waals surface area contributed by atoms with Crippen molar-refractivity contribution in [2.24, 2.45) is 0 Å². The zero-order chi connectivity index (χ0) is 17.1. The van der Waals surface area contributed by atoms with Gasteiger partial charge in [-0.3, -0.25) is 4.79 Å². The predicted octanol–water partition coefficient (Wildman–Crippen LogP) is 5.08. The van der Waals surface area contributed by atoms with E-state index in [1.807, 2.05) is 0 Å². The summed E-state index contributed by atoms with van der Waals surface area (Å²) in [7, 11) is 0. The number of carbonyl (C=O) groups excluding carboxylic acids is 1. The van der Waals surface area contributed by atoms with E-state index in [2.05, 4.69) is 26.4 Å². The summed E-state index contributed by atoms with van der Waals surface area (Å²) in [6.45, 7) is 0. The van der Waals surface area contributed by atoms with Gasteiger partial charge in [0, 0.05) is 21.1 Å². The van der Waals surface area contributed by atoms with Gasteiger partial charge in [0.1, 0.15) is 5.82 Å². The van der Waals surface area contributed by atoms with Crippen molar-refractivity contribution < 1.29 is 13.7 Å². The summed E-state index contributed by atoms with van der Waals surface area (Å²) in [5.74, 6) is -0.365. The summed E-state index contributed by atoms with van der Waals surface area (Å²) >= 11 is 9.00. The fourth-order valence-electron chi connectivity index (χ4n) is 2.10. The smallest absolute Gasteiger partial charge is 0.230 e. The van der Waals surface area contributed by atoms with Gasteiger partial charge in [0.05, 0.1) is 17.8 Å². The molecule has 1 amide bonds. The van der Waals surface area contributed by atoms with Crippen molar-refractivity contribution in [3.05, 3.63) is 69.5 Å². The Labute approximate surface area is 150 Å². The van der Waals surface area contributed by atoms with Crippen LogP contribution in [-0.4, -0.2) is 11.1 Å². The van der Waals surface area contributed by atoms with Gasteiger partial charge in [-0.2, -0.15) is 0 Å². The van der Waals surface area contributed by atoms with Crippen LogP contribution in [0.25, 0.3) is 11.3 Å². The Balaban J connectivity index is 1.68. The van der Waals surface area contributed by atoms with E-state index in [-0.39, 0.29) is 18.0 Å². The molecule has 0 atom stereocenters. The number of hydrogen-bond acceptors (Lipinski definition) is 3. The van der Waals surface area contributed by atoms with E-state index in [0.29, 0.717) is 20.9 Å². The average Bonchev–Trinajstić information content (AvgIpc) is 2.99. The highest BCUT2D eigenvalue weighted by atomic mass is 79.9. The lowest BCUT2D eigenvalue weighted by Gasteiger charge is -2.05. The normalized spacial score (nSPS) is 10.6. The molecule has 122 valence electrons. The third-order valence-electron chi connectivity index (χ3n) is 3.23. The number of nitrogens with zero attached hydrogens (tertiary/aromatic N) is 1. The fraction of sp³-hybridized carbons (Fsp3) is 0.0588. The van der Waals surface area contributed by atoms with Crippen molar-refractivity contribution in [1.82, 2.24) is 5.16 Å². The second-order valence-corrected chi connectivity index (χ2v) is 6.39. The summed E-state index contributed by atoms with van der Waals surface area (Å²) in [6, 6.07) is 13.1. The minimum atomic E-state index is -0.514. The summed E-state index contributed by atoms with van der Waals surface area (Å²) in [4.78, 5) is 12.0. The molecule has 0 aliphatic rings. The van der Waals surface area contributed by atoms with Crippen LogP contribution < -0.4 is 5.32 Å². The number of benzene rings is 2. The van der Waals surface area contributed by atoms with Crippen LogP contribution in [0, 0.1) is 5.82 Å². The lowest BCUT2D eigenvalue weighted by atomic mass is 10.1. The quantitative estimate of drug-likeness (QED) is 0.654. The molecule has 0 aliphatic heterocycles. The number of carbonyl (C=O) groups is 1. The van der Waals surface area contributed by atoms with Gasteiger partial charge in [-0.1, -0.05) is 32.7 Å². The van der Waals surface area contributed by atoms with Crippen LogP contribution in [0.5, 0.6) is 0 Å². The Hall–Kier alpha value is -2.18. The molecule has 7 heteroatoms. The van der Waals surface area contributed by atoms with E-state index in [1.165, 1.54) is 12.1 Å². The third-order valence-corrected chi connectivity index (χ3v) is 3.98. The number of anilines is 1. The minimum absolute atomic E-state index is 0.0212. The van der Waals surface area contributed by atoms with E-state index in [9.17, 15) is 9.18 Å². The maximum absolute atomic E-state index is 13.7. The number of amides is 1. The SMILES string of the molecule is O=C(Cc1cc(-c2ccc(Cl)cc2)on1)Nc1ccc(Br)cc1F. The monoisotopic (exact) mass is 408 g/mol. The molecule has 0 unspecified atom stereocenters. The second-order valence-electron chi connectivity index (χ2n) is 5.04. The first kappa shape index (κ1) is 16.7. The summed E-state index contributed by atoms with van der Waals surface area (Å²) < 4.78 is 19.5. The van der Waals surface area contributed by atoms with Crippen molar-refractivity contribution in [3.8, 4) is 11.3 Å². The largest absolute Gasteiger partial charge is 0.356 e. The molecule has 2 aromatic carbocycles. The lowest BCUT2D eigenvalue weighted by molar-refractivity contribution is -0.115. The van der Waals surface area contributed by atoms with Gasteiger partial charge in [-0.05, 0) is 42.5 Å². The van der Waals surface area contributed by atoms with Crippen LogP contribution >= 0.6 is 27.5 Å². The molecule has 0 bridgehead atoms. The van der Waals surface area contributed by atoms with Gasteiger partial charge in [-0.15, -0.1) is 0 Å². The summed E-state index contributed by atoms with van der Waals surface area (Å²) in [5, 5.41) is 6.99. The molecule has 0 spiro atoms. The van der Waals surface area contributed by atoms with Gasteiger partial charge in [0.25, 0.3) is 0 Å². The number of aromatic nitrogens is 1. The first-order valence-corrected chi connectivity index (χ1v) is 8.15. The van der Waals surface area contributed by atoms with Crippen molar-refractivity contribution in [2.45, 2.75) is 6.42 Å². The van der Waals surface area contributed by atoms with Gasteiger partial charge in [0.15, 0.2) is 5.76 Å². The van der Waals surface area contributed by atoms with Gasteiger partial charge >= 0.3 is 0 Å². The molecule has 0 saturated carbocycles. The number of rotatable bonds is 4. The molecule has 4 nitrogen and oxygen atoms in total. The van der Waals surface area contributed by atoms with Crippen LogP contribution in [0.2, 0.25) is 5.02 Å². The maximum atomic E-state index is 13.7. The second kappa shape index (κ2) is 7.15. The Bertz CT molecular complexity index is 881. The molecular formula is C17H11BrClFN2O2. The standard InChI is InChI=1S/C17H11BrClFN2O2/c18-11-3-6-15(14(20)7-11)21-17(23)9-13-8-16(24-22-13)10-1-4-12(19)5-2-10/h1-8H,9H2,(H,21,23). The molecule has 0 fully saturated rings. The highest BCUT2D eigenvalue weighted by Crippen LogP contribution is 2.23. The highest BCUT2D eigenvalue weighted by molar-refractivity contribution is 9.10. The lowest BCUT2D eigenvalue weighted by Crippen LogP contribution is -2.15. The van der Waals surface area contributed by atoms with E-state index < -0.39 is 5.82 Å². The number of hydrogen-bond donors (Lipinski definition) is 1. The molecular weight excluding hydrogens is 399 g/mol. The molecule has 0 saturated heterocycles. The van der Waals surface area contributed by atoms with Crippen molar-refractivity contribution >= 4 is 39.1 Å². The van der Waals surface area contributed by atoms with E-state index >= 15 is 0 Å². The Morgan fingerprint density at radius 1 is 1.21 bits per heavy atom. The van der Waals surface area contributed by atoms with Crippen molar-refractivity contribution in [3.63, 3.8) is 0 Å².